The normalized spacial score (nSPS) is 21.5. The first-order valence-corrected chi connectivity index (χ1v) is 4.99. The Morgan fingerprint density at radius 2 is 2.14 bits per heavy atom. The Morgan fingerprint density at radius 1 is 1.50 bits per heavy atom. The third-order valence-corrected chi connectivity index (χ3v) is 2.15. The Balaban J connectivity index is 0.00000169. The predicted molar refractivity (Wildman–Crippen MR) is 60.7 cm³/mol. The van der Waals surface area contributed by atoms with Crippen LogP contribution < -0.4 is 10.6 Å². The minimum absolute atomic E-state index is 0. The maximum atomic E-state index is 11.5. The SMILES string of the molecule is CC(C)(C)NC(=O)C[C@@H]1CCNC1.Cl. The van der Waals surface area contributed by atoms with Gasteiger partial charge in [-0.1, -0.05) is 0 Å². The molecule has 0 spiro atoms. The number of hydrogen-bond donors (Lipinski definition) is 2. The highest BCUT2D eigenvalue weighted by Gasteiger charge is 2.20. The van der Waals surface area contributed by atoms with E-state index in [4.69, 9.17) is 0 Å². The second kappa shape index (κ2) is 5.56. The molecule has 1 fully saturated rings. The first-order chi connectivity index (χ1) is 5.97. The number of nitrogens with one attached hydrogen (secondary N) is 2. The van der Waals surface area contributed by atoms with Crippen LogP contribution in [0.25, 0.3) is 0 Å². The maximum absolute atomic E-state index is 11.5. The molecule has 1 aliphatic rings. The van der Waals surface area contributed by atoms with E-state index in [1.807, 2.05) is 20.8 Å². The van der Waals surface area contributed by atoms with Crippen LogP contribution in [-0.4, -0.2) is 24.5 Å². The van der Waals surface area contributed by atoms with Crippen LogP contribution in [0.5, 0.6) is 0 Å². The summed E-state index contributed by atoms with van der Waals surface area (Å²) < 4.78 is 0. The highest BCUT2D eigenvalue weighted by molar-refractivity contribution is 5.85. The van der Waals surface area contributed by atoms with Gasteiger partial charge in [-0.05, 0) is 46.2 Å². The van der Waals surface area contributed by atoms with E-state index in [1.54, 1.807) is 0 Å². The Bertz CT molecular complexity index is 183. The van der Waals surface area contributed by atoms with Gasteiger partial charge in [-0.2, -0.15) is 0 Å². The minimum atomic E-state index is -0.0941. The van der Waals surface area contributed by atoms with Gasteiger partial charge in [-0.25, -0.2) is 0 Å². The van der Waals surface area contributed by atoms with E-state index >= 15 is 0 Å². The van der Waals surface area contributed by atoms with Crippen LogP contribution in [0.3, 0.4) is 0 Å². The van der Waals surface area contributed by atoms with Crippen molar-refractivity contribution < 1.29 is 4.79 Å². The van der Waals surface area contributed by atoms with Crippen molar-refractivity contribution in [2.45, 2.75) is 39.2 Å². The average Bonchev–Trinajstić information content (AvgIpc) is 2.34. The van der Waals surface area contributed by atoms with Crippen LogP contribution in [0.1, 0.15) is 33.6 Å². The molecule has 4 heteroatoms. The van der Waals surface area contributed by atoms with Gasteiger partial charge in [-0.3, -0.25) is 4.79 Å². The van der Waals surface area contributed by atoms with Crippen molar-refractivity contribution in [2.24, 2.45) is 5.92 Å². The Labute approximate surface area is 92.4 Å². The zero-order valence-corrected chi connectivity index (χ0v) is 10.0. The van der Waals surface area contributed by atoms with Crippen molar-refractivity contribution >= 4 is 18.3 Å². The Hall–Kier alpha value is -0.280. The van der Waals surface area contributed by atoms with Crippen molar-refractivity contribution in [3.63, 3.8) is 0 Å². The summed E-state index contributed by atoms with van der Waals surface area (Å²) in [5.41, 5.74) is -0.0941. The number of amides is 1. The lowest BCUT2D eigenvalue weighted by Gasteiger charge is -2.21. The number of rotatable bonds is 2. The number of hydrogen-bond acceptors (Lipinski definition) is 2. The fourth-order valence-corrected chi connectivity index (χ4v) is 1.62. The molecule has 2 N–H and O–H groups in total. The molecule has 84 valence electrons. The van der Waals surface area contributed by atoms with Crippen molar-refractivity contribution in [1.29, 1.82) is 0 Å². The highest BCUT2D eigenvalue weighted by atomic mass is 35.5. The standard InChI is InChI=1S/C10H20N2O.ClH/c1-10(2,3)12-9(13)6-8-4-5-11-7-8;/h8,11H,4-7H2,1-3H3,(H,12,13);1H/t8-;/m0./s1. The molecule has 1 aliphatic heterocycles. The van der Waals surface area contributed by atoms with E-state index in [0.29, 0.717) is 12.3 Å². The summed E-state index contributed by atoms with van der Waals surface area (Å²) in [5.74, 6) is 0.726. The molecule has 0 aromatic heterocycles. The summed E-state index contributed by atoms with van der Waals surface area (Å²) in [6, 6.07) is 0. The van der Waals surface area contributed by atoms with Gasteiger partial charge in [0.05, 0.1) is 0 Å². The van der Waals surface area contributed by atoms with Crippen molar-refractivity contribution in [3.8, 4) is 0 Å². The monoisotopic (exact) mass is 220 g/mol. The molecule has 3 nitrogen and oxygen atoms in total. The van der Waals surface area contributed by atoms with E-state index in [0.717, 1.165) is 19.5 Å². The zero-order valence-electron chi connectivity index (χ0n) is 9.22. The largest absolute Gasteiger partial charge is 0.352 e. The van der Waals surface area contributed by atoms with E-state index in [-0.39, 0.29) is 23.9 Å². The Kier molecular flexibility index (Phi) is 5.45. The maximum Gasteiger partial charge on any atom is 0.220 e. The van der Waals surface area contributed by atoms with Crippen LogP contribution >= 0.6 is 12.4 Å². The van der Waals surface area contributed by atoms with Gasteiger partial charge in [0.25, 0.3) is 0 Å². The van der Waals surface area contributed by atoms with Gasteiger partial charge in [-0.15, -0.1) is 12.4 Å². The fraction of sp³-hybridized carbons (Fsp3) is 0.900. The first-order valence-electron chi connectivity index (χ1n) is 4.99. The molecular formula is C10H21ClN2O. The molecule has 0 saturated carbocycles. The second-order valence-electron chi connectivity index (χ2n) is 4.86. The zero-order chi connectivity index (χ0) is 9.90. The lowest BCUT2D eigenvalue weighted by atomic mass is 10.0. The summed E-state index contributed by atoms with van der Waals surface area (Å²) >= 11 is 0. The van der Waals surface area contributed by atoms with Gasteiger partial charge in [0, 0.05) is 12.0 Å². The molecule has 0 aromatic rings. The van der Waals surface area contributed by atoms with Crippen LogP contribution in [0.15, 0.2) is 0 Å². The second-order valence-corrected chi connectivity index (χ2v) is 4.86. The molecular weight excluding hydrogens is 200 g/mol. The van der Waals surface area contributed by atoms with Gasteiger partial charge in [0.2, 0.25) is 5.91 Å². The number of carbonyl (C=O) groups is 1. The van der Waals surface area contributed by atoms with Gasteiger partial charge >= 0.3 is 0 Å². The topological polar surface area (TPSA) is 41.1 Å². The molecule has 0 radical (unpaired) electrons. The number of carbonyl (C=O) groups excluding carboxylic acids is 1. The van der Waals surface area contributed by atoms with Gasteiger partial charge in [0.15, 0.2) is 0 Å². The summed E-state index contributed by atoms with van der Waals surface area (Å²) in [6.07, 6.45) is 1.81. The highest BCUT2D eigenvalue weighted by Crippen LogP contribution is 2.12. The van der Waals surface area contributed by atoms with E-state index in [1.165, 1.54) is 0 Å². The molecule has 0 aromatic carbocycles. The van der Waals surface area contributed by atoms with Crippen LogP contribution in [0, 0.1) is 5.92 Å². The third-order valence-electron chi connectivity index (χ3n) is 2.15. The number of halogens is 1. The molecule has 0 bridgehead atoms. The summed E-state index contributed by atoms with van der Waals surface area (Å²) in [5, 5.41) is 6.24. The predicted octanol–water partition coefficient (Wildman–Crippen LogP) is 1.32. The van der Waals surface area contributed by atoms with E-state index in [9.17, 15) is 4.79 Å². The molecule has 14 heavy (non-hydrogen) atoms. The third kappa shape index (κ3) is 5.45. The van der Waals surface area contributed by atoms with Crippen LogP contribution in [0.2, 0.25) is 0 Å². The quantitative estimate of drug-likeness (QED) is 0.737. The Morgan fingerprint density at radius 3 is 2.57 bits per heavy atom. The molecule has 0 unspecified atom stereocenters. The summed E-state index contributed by atoms with van der Waals surface area (Å²) in [6.45, 7) is 8.10. The van der Waals surface area contributed by atoms with Crippen LogP contribution in [0.4, 0.5) is 0 Å². The van der Waals surface area contributed by atoms with Crippen LogP contribution in [-0.2, 0) is 4.79 Å². The van der Waals surface area contributed by atoms with E-state index in [2.05, 4.69) is 10.6 Å². The summed E-state index contributed by atoms with van der Waals surface area (Å²) in [7, 11) is 0. The van der Waals surface area contributed by atoms with Crippen molar-refractivity contribution in [2.75, 3.05) is 13.1 Å². The van der Waals surface area contributed by atoms with Gasteiger partial charge < -0.3 is 10.6 Å². The van der Waals surface area contributed by atoms with Crippen molar-refractivity contribution in [3.05, 3.63) is 0 Å². The molecule has 1 saturated heterocycles. The lowest BCUT2D eigenvalue weighted by Crippen LogP contribution is -2.41. The minimum Gasteiger partial charge on any atom is -0.352 e. The molecule has 1 rings (SSSR count). The first kappa shape index (κ1) is 13.7. The lowest BCUT2D eigenvalue weighted by molar-refractivity contribution is -0.123. The summed E-state index contributed by atoms with van der Waals surface area (Å²) in [4.78, 5) is 11.5. The molecule has 1 atom stereocenters. The molecule has 1 heterocycles. The van der Waals surface area contributed by atoms with Crippen molar-refractivity contribution in [1.82, 2.24) is 10.6 Å². The molecule has 0 aliphatic carbocycles. The fourth-order valence-electron chi connectivity index (χ4n) is 1.62. The van der Waals surface area contributed by atoms with E-state index < -0.39 is 0 Å². The smallest absolute Gasteiger partial charge is 0.220 e. The molecule has 1 amide bonds. The average molecular weight is 221 g/mol. The van der Waals surface area contributed by atoms with Gasteiger partial charge in [0.1, 0.15) is 0 Å².